The molecule has 2 aromatic carbocycles. The van der Waals surface area contributed by atoms with E-state index in [1.807, 2.05) is 36.4 Å². The number of aromatic nitrogens is 3. The lowest BCUT2D eigenvalue weighted by Gasteiger charge is -2.49. The van der Waals surface area contributed by atoms with Gasteiger partial charge in [0.15, 0.2) is 5.82 Å². The highest BCUT2D eigenvalue weighted by molar-refractivity contribution is 6.09. The molecule has 11 heteroatoms. The molecule has 280 valence electrons. The van der Waals surface area contributed by atoms with E-state index in [0.717, 1.165) is 70.5 Å². The van der Waals surface area contributed by atoms with Crippen LogP contribution in [0, 0.1) is 12.3 Å². The van der Waals surface area contributed by atoms with Gasteiger partial charge in [0.05, 0.1) is 23.0 Å². The number of amides is 3. The number of pyridine rings is 1. The minimum Gasteiger partial charge on any atom is -0.355 e. The maximum atomic E-state index is 14.9. The molecule has 11 nitrogen and oxygen atoms in total. The molecule has 5 fully saturated rings. The number of benzene rings is 2. The quantitative estimate of drug-likeness (QED) is 0.224. The lowest BCUT2D eigenvalue weighted by atomic mass is 9.73. The Kier molecular flexibility index (Phi) is 7.74. The van der Waals surface area contributed by atoms with E-state index in [4.69, 9.17) is 9.97 Å². The fourth-order valence-electron chi connectivity index (χ4n) is 10.2. The molecule has 0 atom stereocenters. The number of hydrogen-bond acceptors (Lipinski definition) is 7. The highest BCUT2D eigenvalue weighted by Crippen LogP contribution is 2.55. The number of imidazole rings is 1. The van der Waals surface area contributed by atoms with Crippen molar-refractivity contribution in [1.29, 1.82) is 0 Å². The van der Waals surface area contributed by atoms with E-state index >= 15 is 0 Å². The standard InChI is InChI=1S/C43H50N8O3/c1-26-5-7-29(20-33(26)40(53)44-3)46-39-38-36(45-25-50(38)30-8-9-30)23-35(47-39)28-6-10-34-37(19-28)51(41(54)43(34)14-17-48(18-15-43)27(2)52)32-21-31(22-32)49-16-4-11-42(24-49)12-13-42/h5-7,10,19-20,23,25,30-32H,4,8-9,11-18,21-22,24H2,1-3H3,(H,44,53)(H,46,47)/t31-,32+. The van der Waals surface area contributed by atoms with Gasteiger partial charge in [0.2, 0.25) is 11.8 Å². The van der Waals surface area contributed by atoms with Crippen molar-refractivity contribution in [1.82, 2.24) is 29.7 Å². The first-order chi connectivity index (χ1) is 26.1. The van der Waals surface area contributed by atoms with Crippen molar-refractivity contribution >= 4 is 45.9 Å². The number of fused-ring (bicyclic) bond motifs is 3. The van der Waals surface area contributed by atoms with Crippen molar-refractivity contribution in [2.45, 2.75) is 102 Å². The van der Waals surface area contributed by atoms with E-state index in [1.54, 1.807) is 14.0 Å². The summed E-state index contributed by atoms with van der Waals surface area (Å²) in [6.45, 7) is 7.15. The Balaban J connectivity index is 1.02. The molecule has 3 saturated carbocycles. The molecule has 5 heterocycles. The predicted molar refractivity (Wildman–Crippen MR) is 209 cm³/mol. The number of nitrogens with zero attached hydrogens (tertiary/aromatic N) is 6. The highest BCUT2D eigenvalue weighted by atomic mass is 16.2. The van der Waals surface area contributed by atoms with Gasteiger partial charge in [-0.3, -0.25) is 19.3 Å². The van der Waals surface area contributed by atoms with Crippen LogP contribution in [-0.2, 0) is 15.0 Å². The van der Waals surface area contributed by atoms with E-state index in [0.29, 0.717) is 54.8 Å². The van der Waals surface area contributed by atoms with Crippen molar-refractivity contribution in [3.05, 3.63) is 65.5 Å². The monoisotopic (exact) mass is 726 g/mol. The first-order valence-corrected chi connectivity index (χ1v) is 20.1. The zero-order valence-electron chi connectivity index (χ0n) is 31.7. The zero-order valence-corrected chi connectivity index (χ0v) is 31.7. The van der Waals surface area contributed by atoms with Gasteiger partial charge >= 0.3 is 0 Å². The van der Waals surface area contributed by atoms with Gasteiger partial charge in [-0.2, -0.15) is 0 Å². The SMILES string of the molecule is CNC(=O)c1cc(Nc2nc(-c3ccc4c(c3)N([C@H]3C[C@@H](N5CCCC6(CC6)C5)C3)C(=O)C43CCN(C(C)=O)CC3)cc3ncn(C4CC4)c23)ccc1C. The average Bonchev–Trinajstić information content (AvgIpc) is 4.09. The van der Waals surface area contributed by atoms with E-state index < -0.39 is 5.41 Å². The summed E-state index contributed by atoms with van der Waals surface area (Å²) in [7, 11) is 1.65. The Labute approximate surface area is 316 Å². The Morgan fingerprint density at radius 1 is 0.907 bits per heavy atom. The number of nitrogens with one attached hydrogen (secondary N) is 2. The van der Waals surface area contributed by atoms with E-state index in [-0.39, 0.29) is 23.8 Å². The van der Waals surface area contributed by atoms with E-state index in [1.165, 1.54) is 38.8 Å². The summed E-state index contributed by atoms with van der Waals surface area (Å²) < 4.78 is 2.23. The van der Waals surface area contributed by atoms with E-state index in [2.05, 4.69) is 49.3 Å². The van der Waals surface area contributed by atoms with Crippen molar-refractivity contribution in [2.24, 2.45) is 5.41 Å². The maximum absolute atomic E-state index is 14.9. The molecular formula is C43H50N8O3. The van der Waals surface area contributed by atoms with Gasteiger partial charge in [-0.15, -0.1) is 0 Å². The van der Waals surface area contributed by atoms with Gasteiger partial charge < -0.3 is 25.0 Å². The Hall–Kier alpha value is -4.77. The topological polar surface area (TPSA) is 116 Å². The predicted octanol–water partition coefficient (Wildman–Crippen LogP) is 6.48. The third-order valence-corrected chi connectivity index (χ3v) is 13.8. The van der Waals surface area contributed by atoms with Crippen LogP contribution < -0.4 is 15.5 Å². The number of carbonyl (C=O) groups is 3. The van der Waals surface area contributed by atoms with Crippen LogP contribution in [0.15, 0.2) is 48.8 Å². The smallest absolute Gasteiger partial charge is 0.251 e. The number of carbonyl (C=O) groups excluding carboxylic acids is 3. The fourth-order valence-corrected chi connectivity index (χ4v) is 10.2. The minimum atomic E-state index is -0.616. The number of aryl methyl sites for hydroxylation is 1. The van der Waals surface area contributed by atoms with Crippen molar-refractivity contribution in [2.75, 3.05) is 43.4 Å². The van der Waals surface area contributed by atoms with Gasteiger partial charge in [0.1, 0.15) is 5.52 Å². The number of likely N-dealkylation sites (tertiary alicyclic amines) is 2. The summed E-state index contributed by atoms with van der Waals surface area (Å²) in [6.07, 6.45) is 12.9. The molecule has 0 unspecified atom stereocenters. The molecule has 3 aliphatic carbocycles. The molecule has 0 bridgehead atoms. The third kappa shape index (κ3) is 5.44. The number of rotatable bonds is 7. The highest BCUT2D eigenvalue weighted by Gasteiger charge is 2.56. The lowest BCUT2D eigenvalue weighted by Crippen LogP contribution is -2.59. The summed E-state index contributed by atoms with van der Waals surface area (Å²) in [4.78, 5) is 56.8. The van der Waals surface area contributed by atoms with Gasteiger partial charge in [-0.05, 0) is 118 Å². The maximum Gasteiger partial charge on any atom is 0.251 e. The van der Waals surface area contributed by atoms with Gasteiger partial charge in [-0.25, -0.2) is 9.97 Å². The molecule has 10 rings (SSSR count). The van der Waals surface area contributed by atoms with Gasteiger partial charge in [0, 0.05) is 74.2 Å². The van der Waals surface area contributed by atoms with Crippen LogP contribution in [0.2, 0.25) is 0 Å². The minimum absolute atomic E-state index is 0.0741. The molecule has 2 spiro atoms. The van der Waals surface area contributed by atoms with Crippen LogP contribution in [0.5, 0.6) is 0 Å². The van der Waals surface area contributed by atoms with Crippen molar-refractivity contribution in [3.63, 3.8) is 0 Å². The molecule has 6 aliphatic rings. The van der Waals surface area contributed by atoms with E-state index in [9.17, 15) is 14.4 Å². The molecule has 3 aliphatic heterocycles. The van der Waals surface area contributed by atoms with Crippen LogP contribution in [0.3, 0.4) is 0 Å². The molecule has 0 radical (unpaired) electrons. The molecular weight excluding hydrogens is 677 g/mol. The zero-order chi connectivity index (χ0) is 36.9. The second-order valence-electron chi connectivity index (χ2n) is 17.2. The van der Waals surface area contributed by atoms with Gasteiger partial charge in [0.25, 0.3) is 5.91 Å². The molecule has 2 saturated heterocycles. The first-order valence-electron chi connectivity index (χ1n) is 20.1. The summed E-state index contributed by atoms with van der Waals surface area (Å²) in [5.74, 6) is 0.842. The Morgan fingerprint density at radius 3 is 2.43 bits per heavy atom. The van der Waals surface area contributed by atoms with Gasteiger partial charge in [-0.1, -0.05) is 18.2 Å². The summed E-state index contributed by atoms with van der Waals surface area (Å²) in [6, 6.07) is 15.5. The Bertz CT molecular complexity index is 2210. The van der Waals surface area contributed by atoms with Crippen LogP contribution in [0.1, 0.15) is 98.7 Å². The third-order valence-electron chi connectivity index (χ3n) is 13.8. The second kappa shape index (κ2) is 12.4. The lowest BCUT2D eigenvalue weighted by molar-refractivity contribution is -0.134. The molecule has 54 heavy (non-hydrogen) atoms. The Morgan fingerprint density at radius 2 is 1.70 bits per heavy atom. The normalized spacial score (nSPS) is 24.2. The number of piperidine rings is 2. The summed E-state index contributed by atoms with van der Waals surface area (Å²) in [5.41, 5.74) is 7.87. The number of hydrogen-bond donors (Lipinski definition) is 2. The van der Waals surface area contributed by atoms with Crippen LogP contribution in [0.25, 0.3) is 22.3 Å². The summed E-state index contributed by atoms with van der Waals surface area (Å²) in [5, 5.41) is 6.32. The van der Waals surface area contributed by atoms with Crippen molar-refractivity contribution < 1.29 is 14.4 Å². The van der Waals surface area contributed by atoms with Crippen LogP contribution >= 0.6 is 0 Å². The van der Waals surface area contributed by atoms with Crippen LogP contribution in [0.4, 0.5) is 17.2 Å². The molecule has 2 N–H and O–H groups in total. The fraction of sp³-hybridized carbons (Fsp3) is 0.512. The second-order valence-corrected chi connectivity index (χ2v) is 17.2. The summed E-state index contributed by atoms with van der Waals surface area (Å²) >= 11 is 0. The molecule has 4 aromatic rings. The largest absolute Gasteiger partial charge is 0.355 e. The van der Waals surface area contributed by atoms with Crippen molar-refractivity contribution in [3.8, 4) is 11.3 Å². The average molecular weight is 727 g/mol. The van der Waals surface area contributed by atoms with Crippen LogP contribution in [-0.4, -0.2) is 87.4 Å². The first kappa shape index (κ1) is 33.8. The molecule has 3 amide bonds. The number of anilines is 3. The molecule has 2 aromatic heterocycles.